The number of aromatic nitrogens is 2. The van der Waals surface area contributed by atoms with Crippen molar-refractivity contribution in [1.29, 1.82) is 0 Å². The average molecular weight is 164 g/mol. The summed E-state index contributed by atoms with van der Waals surface area (Å²) in [5, 5.41) is 0. The first-order valence-corrected chi connectivity index (χ1v) is 3.69. The maximum atomic E-state index is 4.23. The highest BCUT2D eigenvalue weighted by atomic mass is 15.1. The summed E-state index contributed by atoms with van der Waals surface area (Å²) in [6.45, 7) is 1.93. The first-order chi connectivity index (χ1) is 5.70. The summed E-state index contributed by atoms with van der Waals surface area (Å²) >= 11 is 0. The van der Waals surface area contributed by atoms with Crippen molar-refractivity contribution in [3.05, 3.63) is 18.6 Å². The maximum absolute atomic E-state index is 4.23. The first-order valence-electron chi connectivity index (χ1n) is 3.69. The molecule has 0 atom stereocenters. The number of hydrogen-bond donors (Lipinski definition) is 0. The Morgan fingerprint density at radius 3 is 2.67 bits per heavy atom. The molecule has 0 aromatic carbocycles. The Morgan fingerprint density at radius 1 is 1.42 bits per heavy atom. The van der Waals surface area contributed by atoms with Crippen molar-refractivity contribution < 1.29 is 0 Å². The van der Waals surface area contributed by atoms with Gasteiger partial charge >= 0.3 is 0 Å². The van der Waals surface area contributed by atoms with Crippen molar-refractivity contribution in [3.63, 3.8) is 0 Å². The molecule has 12 heavy (non-hydrogen) atoms. The van der Waals surface area contributed by atoms with Crippen molar-refractivity contribution in [2.24, 2.45) is 4.99 Å². The second-order valence-corrected chi connectivity index (χ2v) is 2.62. The normalized spacial score (nSPS) is 11.4. The molecule has 4 nitrogen and oxygen atoms in total. The van der Waals surface area contributed by atoms with Gasteiger partial charge in [-0.25, -0.2) is 9.98 Å². The highest BCUT2D eigenvalue weighted by Gasteiger charge is 1.93. The van der Waals surface area contributed by atoms with Gasteiger partial charge in [0.25, 0.3) is 0 Å². The monoisotopic (exact) mass is 164 g/mol. The smallest absolute Gasteiger partial charge is 0.172 e. The first kappa shape index (κ1) is 8.64. The third-order valence-corrected chi connectivity index (χ3v) is 1.47. The summed E-state index contributed by atoms with van der Waals surface area (Å²) in [6.07, 6.45) is 4.89. The summed E-state index contributed by atoms with van der Waals surface area (Å²) in [5.41, 5.74) is 0. The van der Waals surface area contributed by atoms with Crippen molar-refractivity contribution in [3.8, 4) is 0 Å². The molecule has 0 aliphatic rings. The predicted molar refractivity (Wildman–Crippen MR) is 48.5 cm³/mol. The van der Waals surface area contributed by atoms with Gasteiger partial charge in [-0.1, -0.05) is 0 Å². The largest absolute Gasteiger partial charge is 0.366 e. The van der Waals surface area contributed by atoms with E-state index >= 15 is 0 Å². The van der Waals surface area contributed by atoms with E-state index in [0.29, 0.717) is 5.82 Å². The van der Waals surface area contributed by atoms with Crippen molar-refractivity contribution in [2.75, 3.05) is 14.1 Å². The second kappa shape index (κ2) is 3.80. The lowest BCUT2D eigenvalue weighted by atomic mass is 10.6. The van der Waals surface area contributed by atoms with Gasteiger partial charge in [-0.3, -0.25) is 4.98 Å². The molecular weight excluding hydrogens is 152 g/mol. The van der Waals surface area contributed by atoms with Gasteiger partial charge in [-0.2, -0.15) is 0 Å². The van der Waals surface area contributed by atoms with Gasteiger partial charge < -0.3 is 4.90 Å². The zero-order valence-corrected chi connectivity index (χ0v) is 7.52. The van der Waals surface area contributed by atoms with Crippen LogP contribution in [-0.2, 0) is 0 Å². The fourth-order valence-corrected chi connectivity index (χ4v) is 0.615. The Labute approximate surface area is 72.0 Å². The van der Waals surface area contributed by atoms with Gasteiger partial charge in [0.15, 0.2) is 5.82 Å². The van der Waals surface area contributed by atoms with E-state index in [9.17, 15) is 0 Å². The van der Waals surface area contributed by atoms with Crippen molar-refractivity contribution in [1.82, 2.24) is 14.9 Å². The minimum absolute atomic E-state index is 0.642. The fraction of sp³-hybridized carbons (Fsp3) is 0.375. The van der Waals surface area contributed by atoms with Gasteiger partial charge in [0.05, 0.1) is 6.20 Å². The standard InChI is InChI=1S/C8H12N4/c1-7(12(2)3)11-8-6-9-4-5-10-8/h4-6H,1-3H3. The van der Waals surface area contributed by atoms with Crippen LogP contribution in [0.4, 0.5) is 5.82 Å². The Bertz CT molecular complexity index is 266. The third kappa shape index (κ3) is 2.30. The molecule has 0 radical (unpaired) electrons. The molecule has 1 heterocycles. The molecule has 4 heteroatoms. The van der Waals surface area contributed by atoms with Crippen LogP contribution >= 0.6 is 0 Å². The Balaban J connectivity index is 2.81. The topological polar surface area (TPSA) is 41.4 Å². The molecule has 1 rings (SSSR count). The summed E-state index contributed by atoms with van der Waals surface area (Å²) in [6, 6.07) is 0. The van der Waals surface area contributed by atoms with Crippen molar-refractivity contribution in [2.45, 2.75) is 6.92 Å². The molecule has 0 fully saturated rings. The molecule has 0 N–H and O–H groups in total. The molecule has 0 saturated carbocycles. The number of rotatable bonds is 1. The Kier molecular flexibility index (Phi) is 2.74. The number of nitrogens with zero attached hydrogens (tertiary/aromatic N) is 4. The quantitative estimate of drug-likeness (QED) is 0.461. The minimum Gasteiger partial charge on any atom is -0.366 e. The Hall–Kier alpha value is -1.45. The summed E-state index contributed by atoms with van der Waals surface area (Å²) in [5.74, 6) is 1.55. The van der Waals surface area contributed by atoms with E-state index in [1.807, 2.05) is 25.9 Å². The van der Waals surface area contributed by atoms with Crippen LogP contribution in [-0.4, -0.2) is 34.8 Å². The SMILES string of the molecule is CC(=Nc1cnccn1)N(C)C. The van der Waals surface area contributed by atoms with E-state index in [2.05, 4.69) is 15.0 Å². The van der Waals surface area contributed by atoms with E-state index in [0.717, 1.165) is 5.84 Å². The zero-order chi connectivity index (χ0) is 8.97. The molecule has 0 aliphatic heterocycles. The lowest BCUT2D eigenvalue weighted by Crippen LogP contribution is -2.17. The van der Waals surface area contributed by atoms with Gasteiger partial charge in [0.2, 0.25) is 0 Å². The molecule has 64 valence electrons. The van der Waals surface area contributed by atoms with E-state index < -0.39 is 0 Å². The third-order valence-electron chi connectivity index (χ3n) is 1.47. The van der Waals surface area contributed by atoms with E-state index in [1.54, 1.807) is 18.6 Å². The van der Waals surface area contributed by atoms with Crippen molar-refractivity contribution >= 4 is 11.7 Å². The van der Waals surface area contributed by atoms with Crippen LogP contribution in [0.1, 0.15) is 6.92 Å². The minimum atomic E-state index is 0.642. The van der Waals surface area contributed by atoms with E-state index in [1.165, 1.54) is 0 Å². The molecule has 0 bridgehead atoms. The van der Waals surface area contributed by atoms with Crippen LogP contribution in [0.2, 0.25) is 0 Å². The second-order valence-electron chi connectivity index (χ2n) is 2.62. The highest BCUT2D eigenvalue weighted by Crippen LogP contribution is 2.03. The molecule has 0 spiro atoms. The highest BCUT2D eigenvalue weighted by molar-refractivity contribution is 5.81. The zero-order valence-electron chi connectivity index (χ0n) is 7.52. The van der Waals surface area contributed by atoms with Crippen LogP contribution in [0.3, 0.4) is 0 Å². The van der Waals surface area contributed by atoms with Crippen LogP contribution in [0.5, 0.6) is 0 Å². The Morgan fingerprint density at radius 2 is 2.17 bits per heavy atom. The average Bonchev–Trinajstić information content (AvgIpc) is 2.06. The number of aliphatic imine (C=N–C) groups is 1. The molecular formula is C8H12N4. The predicted octanol–water partition coefficient (Wildman–Crippen LogP) is 1.09. The number of hydrogen-bond acceptors (Lipinski definition) is 3. The van der Waals surface area contributed by atoms with Gasteiger partial charge in [-0.05, 0) is 6.92 Å². The molecule has 1 aromatic rings. The maximum Gasteiger partial charge on any atom is 0.172 e. The van der Waals surface area contributed by atoms with Crippen LogP contribution in [0.25, 0.3) is 0 Å². The van der Waals surface area contributed by atoms with Gasteiger partial charge in [0.1, 0.15) is 5.84 Å². The molecule has 0 saturated heterocycles. The molecule has 0 amide bonds. The summed E-state index contributed by atoms with van der Waals surface area (Å²) in [4.78, 5) is 14.1. The fourth-order valence-electron chi connectivity index (χ4n) is 0.615. The van der Waals surface area contributed by atoms with E-state index in [4.69, 9.17) is 0 Å². The molecule has 0 aliphatic carbocycles. The lowest BCUT2D eigenvalue weighted by Gasteiger charge is -2.09. The van der Waals surface area contributed by atoms with Gasteiger partial charge in [0, 0.05) is 26.5 Å². The van der Waals surface area contributed by atoms with Crippen LogP contribution < -0.4 is 0 Å². The van der Waals surface area contributed by atoms with Gasteiger partial charge in [-0.15, -0.1) is 0 Å². The number of amidine groups is 1. The summed E-state index contributed by atoms with van der Waals surface area (Å²) in [7, 11) is 3.88. The lowest BCUT2D eigenvalue weighted by molar-refractivity contribution is 0.618. The summed E-state index contributed by atoms with van der Waals surface area (Å²) < 4.78 is 0. The van der Waals surface area contributed by atoms with Crippen LogP contribution in [0.15, 0.2) is 23.6 Å². The molecule has 0 unspecified atom stereocenters. The van der Waals surface area contributed by atoms with E-state index in [-0.39, 0.29) is 0 Å². The molecule has 1 aromatic heterocycles. The van der Waals surface area contributed by atoms with Crippen LogP contribution in [0, 0.1) is 0 Å².